The van der Waals surface area contributed by atoms with Crippen LogP contribution in [0.25, 0.3) is 0 Å². The number of hydrogen-bond acceptors (Lipinski definition) is 2. The van der Waals surface area contributed by atoms with Crippen molar-refractivity contribution in [1.82, 2.24) is 4.90 Å². The second-order valence-corrected chi connectivity index (χ2v) is 8.03. The molecule has 0 saturated carbocycles. The fourth-order valence-electron chi connectivity index (χ4n) is 3.95. The van der Waals surface area contributed by atoms with Crippen LogP contribution in [0.1, 0.15) is 39.0 Å². The van der Waals surface area contributed by atoms with E-state index in [1.165, 1.54) is 23.1 Å². The molecule has 4 nitrogen and oxygen atoms in total. The van der Waals surface area contributed by atoms with Gasteiger partial charge in [0.05, 0.1) is 6.04 Å². The van der Waals surface area contributed by atoms with Gasteiger partial charge in [-0.3, -0.25) is 9.59 Å². The number of benzene rings is 3. The normalized spacial score (nSPS) is 18.1. The first-order chi connectivity index (χ1) is 14.8. The van der Waals surface area contributed by atoms with Crippen LogP contribution in [0.2, 0.25) is 10.0 Å². The van der Waals surface area contributed by atoms with Gasteiger partial charge in [0.25, 0.3) is 5.91 Å². The van der Waals surface area contributed by atoms with Gasteiger partial charge >= 0.3 is 5.97 Å². The van der Waals surface area contributed by atoms with Crippen molar-refractivity contribution in [2.24, 2.45) is 0 Å². The lowest BCUT2D eigenvalue weighted by Gasteiger charge is -2.41. The van der Waals surface area contributed by atoms with Crippen LogP contribution in [-0.4, -0.2) is 21.9 Å². The number of halogens is 4. The standard InChI is InChI=1S/C23H15Cl2F2NO3/c24-13-6-8-17(18(25)9-13)21-20(23(30)31)15-3-1-2-4-16(15)22(29)28(21)11-12-5-7-14(26)10-19(12)27/h1-10,20-21H,11H2,(H,30,31). The third-order valence-corrected chi connectivity index (χ3v) is 5.90. The second kappa shape index (κ2) is 8.29. The predicted molar refractivity (Wildman–Crippen MR) is 112 cm³/mol. The van der Waals surface area contributed by atoms with Crippen LogP contribution < -0.4 is 0 Å². The van der Waals surface area contributed by atoms with Crippen LogP contribution in [0.3, 0.4) is 0 Å². The molecule has 31 heavy (non-hydrogen) atoms. The Morgan fingerprint density at radius 3 is 2.42 bits per heavy atom. The van der Waals surface area contributed by atoms with Crippen molar-refractivity contribution in [2.75, 3.05) is 0 Å². The summed E-state index contributed by atoms with van der Waals surface area (Å²) in [6.45, 7) is -0.271. The van der Waals surface area contributed by atoms with Gasteiger partial charge in [0.15, 0.2) is 0 Å². The first kappa shape index (κ1) is 21.3. The van der Waals surface area contributed by atoms with Gasteiger partial charge in [-0.2, -0.15) is 0 Å². The van der Waals surface area contributed by atoms with E-state index in [4.69, 9.17) is 23.2 Å². The molecule has 0 aromatic heterocycles. The quantitative estimate of drug-likeness (QED) is 0.530. The number of carboxylic acids is 1. The first-order valence-corrected chi connectivity index (χ1v) is 10.0. The number of amides is 1. The molecule has 3 aromatic rings. The third kappa shape index (κ3) is 3.89. The molecule has 1 aliphatic heterocycles. The lowest BCUT2D eigenvalue weighted by molar-refractivity contribution is -0.140. The number of nitrogens with zero attached hydrogens (tertiary/aromatic N) is 1. The Kier molecular flexibility index (Phi) is 5.69. The van der Waals surface area contributed by atoms with Crippen LogP contribution in [0.4, 0.5) is 8.78 Å². The lowest BCUT2D eigenvalue weighted by atomic mass is 9.79. The number of carbonyl (C=O) groups excluding carboxylic acids is 1. The van der Waals surface area contributed by atoms with E-state index < -0.39 is 35.5 Å². The van der Waals surface area contributed by atoms with Crippen LogP contribution in [-0.2, 0) is 11.3 Å². The molecule has 8 heteroatoms. The third-order valence-electron chi connectivity index (χ3n) is 5.34. The van der Waals surface area contributed by atoms with Crippen LogP contribution in [0.15, 0.2) is 60.7 Å². The van der Waals surface area contributed by atoms with Crippen molar-refractivity contribution in [2.45, 2.75) is 18.5 Å². The van der Waals surface area contributed by atoms with Crippen molar-refractivity contribution in [3.63, 3.8) is 0 Å². The fraction of sp³-hybridized carbons (Fsp3) is 0.130. The molecule has 0 saturated heterocycles. The number of rotatable bonds is 4. The maximum atomic E-state index is 14.4. The largest absolute Gasteiger partial charge is 0.481 e. The summed E-state index contributed by atoms with van der Waals surface area (Å²) in [5.41, 5.74) is 0.961. The maximum Gasteiger partial charge on any atom is 0.313 e. The Morgan fingerprint density at radius 2 is 1.74 bits per heavy atom. The average Bonchev–Trinajstić information content (AvgIpc) is 2.71. The molecular formula is C23H15Cl2F2NO3. The summed E-state index contributed by atoms with van der Waals surface area (Å²) in [6, 6.07) is 12.9. The highest BCUT2D eigenvalue weighted by Crippen LogP contribution is 2.45. The van der Waals surface area contributed by atoms with Gasteiger partial charge in [-0.15, -0.1) is 0 Å². The van der Waals surface area contributed by atoms with Crippen molar-refractivity contribution >= 4 is 35.1 Å². The zero-order chi connectivity index (χ0) is 22.3. The molecule has 158 valence electrons. The van der Waals surface area contributed by atoms with E-state index in [0.29, 0.717) is 16.1 Å². The number of hydrogen-bond donors (Lipinski definition) is 1. The van der Waals surface area contributed by atoms with Gasteiger partial charge in [0.1, 0.15) is 17.6 Å². The molecule has 0 radical (unpaired) electrons. The van der Waals surface area contributed by atoms with Crippen LogP contribution >= 0.6 is 23.2 Å². The average molecular weight is 462 g/mol. The SMILES string of the molecule is O=C(O)C1c2ccccc2C(=O)N(Cc2ccc(F)cc2F)C1c1ccc(Cl)cc1Cl. The van der Waals surface area contributed by atoms with Crippen molar-refractivity contribution in [3.8, 4) is 0 Å². The Balaban J connectivity index is 1.92. The van der Waals surface area contributed by atoms with Crippen molar-refractivity contribution in [3.05, 3.63) is 105 Å². The van der Waals surface area contributed by atoms with Gasteiger partial charge in [-0.1, -0.05) is 53.5 Å². The number of carbonyl (C=O) groups is 2. The molecule has 1 heterocycles. The predicted octanol–water partition coefficient (Wildman–Crippen LogP) is 5.84. The highest BCUT2D eigenvalue weighted by Gasteiger charge is 2.45. The smallest absolute Gasteiger partial charge is 0.313 e. The molecule has 1 N–H and O–H groups in total. The molecule has 0 aliphatic carbocycles. The molecule has 0 spiro atoms. The fourth-order valence-corrected chi connectivity index (χ4v) is 4.47. The zero-order valence-electron chi connectivity index (χ0n) is 15.9. The van der Waals surface area contributed by atoms with E-state index in [1.807, 2.05) is 0 Å². The minimum Gasteiger partial charge on any atom is -0.481 e. The molecule has 0 fully saturated rings. The number of fused-ring (bicyclic) bond motifs is 1. The summed E-state index contributed by atoms with van der Waals surface area (Å²) >= 11 is 12.4. The highest BCUT2D eigenvalue weighted by molar-refractivity contribution is 6.35. The molecule has 2 unspecified atom stereocenters. The Morgan fingerprint density at radius 1 is 1.00 bits per heavy atom. The maximum absolute atomic E-state index is 14.4. The highest BCUT2D eigenvalue weighted by atomic mass is 35.5. The molecule has 2 atom stereocenters. The molecule has 1 aliphatic rings. The summed E-state index contributed by atoms with van der Waals surface area (Å²) < 4.78 is 27.8. The topological polar surface area (TPSA) is 57.6 Å². The monoisotopic (exact) mass is 461 g/mol. The Hall–Kier alpha value is -2.96. The van der Waals surface area contributed by atoms with E-state index in [1.54, 1.807) is 30.3 Å². The lowest BCUT2D eigenvalue weighted by Crippen LogP contribution is -2.44. The van der Waals surface area contributed by atoms with Gasteiger partial charge < -0.3 is 10.0 Å². The summed E-state index contributed by atoms with van der Waals surface area (Å²) in [7, 11) is 0. The molecule has 0 bridgehead atoms. The summed E-state index contributed by atoms with van der Waals surface area (Å²) in [6.07, 6.45) is 0. The van der Waals surface area contributed by atoms with E-state index in [2.05, 4.69) is 0 Å². The minimum absolute atomic E-state index is 0.0494. The van der Waals surface area contributed by atoms with Gasteiger partial charge in [-0.25, -0.2) is 8.78 Å². The van der Waals surface area contributed by atoms with Gasteiger partial charge in [0, 0.05) is 33.8 Å². The van der Waals surface area contributed by atoms with E-state index in [0.717, 1.165) is 12.1 Å². The van der Waals surface area contributed by atoms with Gasteiger partial charge in [-0.05, 0) is 35.4 Å². The molecule has 4 rings (SSSR count). The first-order valence-electron chi connectivity index (χ1n) is 9.29. The van der Waals surface area contributed by atoms with E-state index in [9.17, 15) is 23.5 Å². The molecule has 3 aromatic carbocycles. The van der Waals surface area contributed by atoms with Crippen molar-refractivity contribution in [1.29, 1.82) is 0 Å². The summed E-state index contributed by atoms with van der Waals surface area (Å²) in [4.78, 5) is 27.0. The van der Waals surface area contributed by atoms with Gasteiger partial charge in [0.2, 0.25) is 0 Å². The Bertz CT molecular complexity index is 1200. The van der Waals surface area contributed by atoms with Crippen LogP contribution in [0, 0.1) is 11.6 Å². The number of carboxylic acid groups (broad SMARTS) is 1. The van der Waals surface area contributed by atoms with E-state index >= 15 is 0 Å². The summed E-state index contributed by atoms with van der Waals surface area (Å²) in [5.74, 6) is -4.39. The zero-order valence-corrected chi connectivity index (χ0v) is 17.4. The van der Waals surface area contributed by atoms with Crippen LogP contribution in [0.5, 0.6) is 0 Å². The van der Waals surface area contributed by atoms with E-state index in [-0.39, 0.29) is 22.7 Å². The second-order valence-electron chi connectivity index (χ2n) is 7.18. The van der Waals surface area contributed by atoms with Crippen molar-refractivity contribution < 1.29 is 23.5 Å². The Labute approximate surface area is 186 Å². The molecular weight excluding hydrogens is 447 g/mol. The minimum atomic E-state index is -1.17. The molecule has 1 amide bonds. The number of aliphatic carboxylic acids is 1. The summed E-state index contributed by atoms with van der Waals surface area (Å²) in [5, 5.41) is 10.6.